The van der Waals surface area contributed by atoms with Crippen molar-refractivity contribution in [2.45, 2.75) is 19.4 Å². The Hall–Kier alpha value is 0.570. The summed E-state index contributed by atoms with van der Waals surface area (Å²) in [6, 6.07) is 0. The van der Waals surface area contributed by atoms with Gasteiger partial charge in [-0.05, 0) is 27.4 Å². The summed E-state index contributed by atoms with van der Waals surface area (Å²) in [5.74, 6) is 0. The van der Waals surface area contributed by atoms with Crippen LogP contribution in [0.5, 0.6) is 0 Å². The van der Waals surface area contributed by atoms with E-state index in [0.29, 0.717) is 6.10 Å². The fourth-order valence-electron chi connectivity index (χ4n) is 1.03. The molecule has 0 unspecified atom stereocenters. The molecular weight excluding hydrogens is 165 g/mol. The number of rotatable bonds is 1. The summed E-state index contributed by atoms with van der Waals surface area (Å²) in [5, 5.41) is 0. The van der Waals surface area contributed by atoms with E-state index < -0.39 is 6.42 Å². The normalized spacial score (nSPS) is 41.0. The second kappa shape index (κ2) is 2.90. The molecule has 1 aliphatic heterocycles. The van der Waals surface area contributed by atoms with Gasteiger partial charge in [0.05, 0.1) is 6.10 Å². The summed E-state index contributed by atoms with van der Waals surface area (Å²) < 4.78 is 7.74. The van der Waals surface area contributed by atoms with Gasteiger partial charge in [-0.25, -0.2) is 0 Å². The Morgan fingerprint density at radius 1 is 1.60 bits per heavy atom. The van der Waals surface area contributed by atoms with Gasteiger partial charge in [0, 0.05) is 6.16 Å². The molecular formula is C6H14NOPS. The minimum Gasteiger partial charge on any atom is -0.335 e. The van der Waals surface area contributed by atoms with Crippen LogP contribution >= 0.6 is 6.42 Å². The zero-order valence-corrected chi connectivity index (χ0v) is 8.41. The van der Waals surface area contributed by atoms with E-state index in [1.54, 1.807) is 0 Å². The number of nitrogens with zero attached hydrogens (tertiary/aromatic N) is 1. The van der Waals surface area contributed by atoms with Crippen molar-refractivity contribution >= 4 is 18.2 Å². The highest BCUT2D eigenvalue weighted by Crippen LogP contribution is 2.55. The summed E-state index contributed by atoms with van der Waals surface area (Å²) in [6.07, 6.45) is 1.07. The van der Waals surface area contributed by atoms with Gasteiger partial charge in [-0.1, -0.05) is 11.8 Å². The molecule has 0 bridgehead atoms. The quantitative estimate of drug-likeness (QED) is 0.568. The molecule has 0 N–H and O–H groups in total. The molecule has 0 aromatic heterocycles. The van der Waals surface area contributed by atoms with Crippen molar-refractivity contribution in [3.05, 3.63) is 0 Å². The van der Waals surface area contributed by atoms with Gasteiger partial charge in [-0.2, -0.15) is 0 Å². The Bertz CT molecular complexity index is 171. The summed E-state index contributed by atoms with van der Waals surface area (Å²) in [4.78, 5) is 0. The molecule has 0 aliphatic carbocycles. The third kappa shape index (κ3) is 1.59. The van der Waals surface area contributed by atoms with Gasteiger partial charge < -0.3 is 4.52 Å². The van der Waals surface area contributed by atoms with Gasteiger partial charge in [-0.15, -0.1) is 0 Å². The van der Waals surface area contributed by atoms with Crippen LogP contribution in [0.15, 0.2) is 0 Å². The summed E-state index contributed by atoms with van der Waals surface area (Å²) in [5.41, 5.74) is 0. The lowest BCUT2D eigenvalue weighted by Crippen LogP contribution is -2.08. The van der Waals surface area contributed by atoms with Crippen LogP contribution < -0.4 is 0 Å². The molecule has 0 amide bonds. The first-order valence-electron chi connectivity index (χ1n) is 3.50. The SMILES string of the molecule is C[C@@H]1CC[P@@](=S)(N(C)C)O1. The van der Waals surface area contributed by atoms with Crippen LogP contribution in [0.4, 0.5) is 0 Å². The highest BCUT2D eigenvalue weighted by molar-refractivity contribution is 8.11. The summed E-state index contributed by atoms with van der Waals surface area (Å²) in [6.45, 7) is 2.09. The van der Waals surface area contributed by atoms with Gasteiger partial charge in [0.15, 0.2) is 0 Å². The molecule has 0 radical (unpaired) electrons. The Kier molecular flexibility index (Phi) is 2.51. The van der Waals surface area contributed by atoms with E-state index >= 15 is 0 Å². The molecule has 0 aromatic rings. The molecule has 0 aromatic carbocycles. The zero-order chi connectivity index (χ0) is 7.78. The summed E-state index contributed by atoms with van der Waals surface area (Å²) in [7, 11) is 4.03. The van der Waals surface area contributed by atoms with E-state index in [-0.39, 0.29) is 0 Å². The molecule has 1 aliphatic rings. The summed E-state index contributed by atoms with van der Waals surface area (Å²) >= 11 is 5.38. The average Bonchev–Trinajstić information content (AvgIpc) is 2.13. The Morgan fingerprint density at radius 2 is 2.20 bits per heavy atom. The van der Waals surface area contributed by atoms with Crippen LogP contribution in [0.25, 0.3) is 0 Å². The van der Waals surface area contributed by atoms with Crippen molar-refractivity contribution in [2.75, 3.05) is 20.3 Å². The van der Waals surface area contributed by atoms with Crippen molar-refractivity contribution in [1.29, 1.82) is 0 Å². The smallest absolute Gasteiger partial charge is 0.131 e. The fraction of sp³-hybridized carbons (Fsp3) is 1.00. The molecule has 1 heterocycles. The molecule has 10 heavy (non-hydrogen) atoms. The van der Waals surface area contributed by atoms with E-state index in [0.717, 1.165) is 12.6 Å². The van der Waals surface area contributed by atoms with Crippen LogP contribution in [0.3, 0.4) is 0 Å². The number of hydrogen-bond donors (Lipinski definition) is 0. The molecule has 0 spiro atoms. The molecule has 2 nitrogen and oxygen atoms in total. The Balaban J connectivity index is 2.64. The van der Waals surface area contributed by atoms with Gasteiger partial charge in [0.25, 0.3) is 0 Å². The lowest BCUT2D eigenvalue weighted by molar-refractivity contribution is 0.260. The maximum atomic E-state index is 5.66. The van der Waals surface area contributed by atoms with Gasteiger partial charge in [0.2, 0.25) is 0 Å². The van der Waals surface area contributed by atoms with E-state index in [2.05, 4.69) is 11.6 Å². The van der Waals surface area contributed by atoms with E-state index in [1.165, 1.54) is 0 Å². The fourth-order valence-corrected chi connectivity index (χ4v) is 3.83. The molecule has 1 rings (SSSR count). The van der Waals surface area contributed by atoms with Crippen LogP contribution in [-0.2, 0) is 16.3 Å². The first-order chi connectivity index (χ1) is 4.54. The Labute approximate surface area is 67.7 Å². The van der Waals surface area contributed by atoms with Gasteiger partial charge in [-0.3, -0.25) is 4.67 Å². The lowest BCUT2D eigenvalue weighted by Gasteiger charge is -2.23. The maximum Gasteiger partial charge on any atom is 0.131 e. The van der Waals surface area contributed by atoms with Crippen molar-refractivity contribution < 1.29 is 4.52 Å². The highest BCUT2D eigenvalue weighted by atomic mass is 32.4. The number of hydrogen-bond acceptors (Lipinski definition) is 2. The zero-order valence-electron chi connectivity index (χ0n) is 6.70. The third-order valence-electron chi connectivity index (χ3n) is 1.77. The first-order valence-corrected chi connectivity index (χ1v) is 6.36. The van der Waals surface area contributed by atoms with Gasteiger partial charge in [0.1, 0.15) is 6.42 Å². The minimum atomic E-state index is -1.53. The molecule has 0 saturated carbocycles. The predicted octanol–water partition coefficient (Wildman–Crippen LogP) is 1.67. The molecule has 4 heteroatoms. The monoisotopic (exact) mass is 179 g/mol. The molecule has 1 saturated heterocycles. The van der Waals surface area contributed by atoms with Gasteiger partial charge >= 0.3 is 0 Å². The Morgan fingerprint density at radius 3 is 2.40 bits per heavy atom. The maximum absolute atomic E-state index is 5.66. The van der Waals surface area contributed by atoms with Crippen molar-refractivity contribution in [2.24, 2.45) is 0 Å². The second-order valence-corrected chi connectivity index (χ2v) is 7.36. The molecule has 2 atom stereocenters. The van der Waals surface area contributed by atoms with Crippen LogP contribution in [-0.4, -0.2) is 31.0 Å². The minimum absolute atomic E-state index is 0.383. The lowest BCUT2D eigenvalue weighted by atomic mass is 10.3. The van der Waals surface area contributed by atoms with Crippen LogP contribution in [0.2, 0.25) is 0 Å². The van der Waals surface area contributed by atoms with E-state index in [9.17, 15) is 0 Å². The largest absolute Gasteiger partial charge is 0.335 e. The highest BCUT2D eigenvalue weighted by Gasteiger charge is 2.30. The van der Waals surface area contributed by atoms with Crippen molar-refractivity contribution in [3.63, 3.8) is 0 Å². The predicted molar refractivity (Wildman–Crippen MR) is 48.0 cm³/mol. The first kappa shape index (κ1) is 8.66. The molecule has 1 fully saturated rings. The van der Waals surface area contributed by atoms with Crippen LogP contribution in [0, 0.1) is 0 Å². The van der Waals surface area contributed by atoms with Crippen LogP contribution in [0.1, 0.15) is 13.3 Å². The average molecular weight is 179 g/mol. The van der Waals surface area contributed by atoms with Crippen molar-refractivity contribution in [1.82, 2.24) is 4.67 Å². The van der Waals surface area contributed by atoms with E-state index in [4.69, 9.17) is 16.3 Å². The van der Waals surface area contributed by atoms with E-state index in [1.807, 2.05) is 14.1 Å². The topological polar surface area (TPSA) is 12.5 Å². The second-order valence-electron chi connectivity index (χ2n) is 2.91. The molecule has 60 valence electrons. The third-order valence-corrected chi connectivity index (χ3v) is 6.29. The standard InChI is InChI=1S/C6H14NOPS/c1-6-4-5-9(10,8-6)7(2)3/h6H,4-5H2,1-3H3/t6-,9-/m1/s1. The van der Waals surface area contributed by atoms with Crippen molar-refractivity contribution in [3.8, 4) is 0 Å².